The number of thioether (sulfide) groups is 1. The lowest BCUT2D eigenvalue weighted by atomic mass is 9.97. The second-order valence-corrected chi connectivity index (χ2v) is 8.38. The molecule has 144 valence electrons. The van der Waals surface area contributed by atoms with E-state index in [9.17, 15) is 9.59 Å². The molecule has 2 aromatic heterocycles. The normalized spacial score (nSPS) is 13.3. The zero-order valence-electron chi connectivity index (χ0n) is 15.1. The standard InChI is InChI=1S/C17H24N4O2S2.ClH/c1-18-7-8-21(2)14(22)10-24-9-13-19-16(23)15-11-5-3-4-6-12(11)25-17(15)20-13;/h18H,3-10H2,1-2H3,(H,19,20,23);1H. The molecule has 1 aliphatic carbocycles. The highest BCUT2D eigenvalue weighted by Gasteiger charge is 2.19. The molecule has 0 atom stereocenters. The van der Waals surface area contributed by atoms with E-state index in [1.165, 1.54) is 28.6 Å². The molecule has 0 fully saturated rings. The first-order valence-electron chi connectivity index (χ1n) is 8.60. The summed E-state index contributed by atoms with van der Waals surface area (Å²) >= 11 is 3.15. The summed E-state index contributed by atoms with van der Waals surface area (Å²) in [6, 6.07) is 0. The third-order valence-electron chi connectivity index (χ3n) is 4.46. The molecule has 26 heavy (non-hydrogen) atoms. The van der Waals surface area contributed by atoms with Crippen LogP contribution in [0, 0.1) is 0 Å². The Hall–Kier alpha value is -1.09. The lowest BCUT2D eigenvalue weighted by molar-refractivity contribution is -0.127. The third-order valence-corrected chi connectivity index (χ3v) is 6.58. The Labute approximate surface area is 167 Å². The smallest absolute Gasteiger partial charge is 0.259 e. The average molecular weight is 417 g/mol. The number of halogens is 1. The molecule has 2 N–H and O–H groups in total. The highest BCUT2D eigenvalue weighted by Crippen LogP contribution is 2.33. The van der Waals surface area contributed by atoms with Crippen LogP contribution in [0.25, 0.3) is 10.2 Å². The molecule has 6 nitrogen and oxygen atoms in total. The van der Waals surface area contributed by atoms with Crippen molar-refractivity contribution >= 4 is 51.6 Å². The first-order valence-corrected chi connectivity index (χ1v) is 10.6. The molecule has 0 aromatic carbocycles. The van der Waals surface area contributed by atoms with Crippen LogP contribution >= 0.6 is 35.5 Å². The van der Waals surface area contributed by atoms with Crippen LogP contribution in [-0.4, -0.2) is 53.7 Å². The number of amides is 1. The molecule has 9 heteroatoms. The van der Waals surface area contributed by atoms with Gasteiger partial charge < -0.3 is 15.2 Å². The highest BCUT2D eigenvalue weighted by atomic mass is 35.5. The van der Waals surface area contributed by atoms with E-state index in [2.05, 4.69) is 15.3 Å². The summed E-state index contributed by atoms with van der Waals surface area (Å²) in [4.78, 5) is 36.0. The van der Waals surface area contributed by atoms with Gasteiger partial charge in [0.25, 0.3) is 5.56 Å². The van der Waals surface area contributed by atoms with Gasteiger partial charge in [0.1, 0.15) is 10.7 Å². The topological polar surface area (TPSA) is 78.1 Å². The molecule has 2 aromatic rings. The Morgan fingerprint density at radius 2 is 2.15 bits per heavy atom. The van der Waals surface area contributed by atoms with Gasteiger partial charge in [-0.25, -0.2) is 4.98 Å². The lowest BCUT2D eigenvalue weighted by Crippen LogP contribution is -2.33. The number of rotatable bonds is 7. The van der Waals surface area contributed by atoms with E-state index in [0.717, 1.165) is 36.0 Å². The van der Waals surface area contributed by atoms with Crippen molar-refractivity contribution in [1.29, 1.82) is 0 Å². The summed E-state index contributed by atoms with van der Waals surface area (Å²) in [6.45, 7) is 1.47. The number of fused-ring (bicyclic) bond motifs is 3. The number of carbonyl (C=O) groups is 1. The average Bonchev–Trinajstić information content (AvgIpc) is 2.98. The number of aromatic amines is 1. The van der Waals surface area contributed by atoms with Gasteiger partial charge in [0.05, 0.1) is 16.9 Å². The predicted octanol–water partition coefficient (Wildman–Crippen LogP) is 2.20. The summed E-state index contributed by atoms with van der Waals surface area (Å²) in [6.07, 6.45) is 4.40. The molecule has 0 bridgehead atoms. The van der Waals surface area contributed by atoms with Crippen molar-refractivity contribution in [3.63, 3.8) is 0 Å². The number of hydrogen-bond acceptors (Lipinski definition) is 6. The number of likely N-dealkylation sites (N-methyl/N-ethyl adjacent to an activating group) is 2. The van der Waals surface area contributed by atoms with Gasteiger partial charge in [-0.1, -0.05) is 0 Å². The maximum absolute atomic E-state index is 12.5. The maximum atomic E-state index is 12.5. The fraction of sp³-hybridized carbons (Fsp3) is 0.588. The number of nitrogens with zero attached hydrogens (tertiary/aromatic N) is 2. The van der Waals surface area contributed by atoms with Crippen LogP contribution in [0.1, 0.15) is 29.1 Å². The molecule has 0 spiro atoms. The first kappa shape index (κ1) is 21.2. The van der Waals surface area contributed by atoms with Gasteiger partial charge in [-0.05, 0) is 38.3 Å². The number of aryl methyl sites for hydroxylation is 2. The number of hydrogen-bond donors (Lipinski definition) is 2. The largest absolute Gasteiger partial charge is 0.344 e. The molecular formula is C17H25ClN4O2S2. The minimum absolute atomic E-state index is 0. The van der Waals surface area contributed by atoms with Crippen LogP contribution in [0.4, 0.5) is 0 Å². The monoisotopic (exact) mass is 416 g/mol. The van der Waals surface area contributed by atoms with Gasteiger partial charge in [-0.15, -0.1) is 35.5 Å². The van der Waals surface area contributed by atoms with Crippen molar-refractivity contribution in [3.8, 4) is 0 Å². The predicted molar refractivity (Wildman–Crippen MR) is 112 cm³/mol. The third kappa shape index (κ3) is 4.79. The molecular weight excluding hydrogens is 392 g/mol. The van der Waals surface area contributed by atoms with Crippen molar-refractivity contribution in [2.75, 3.05) is 32.9 Å². The minimum Gasteiger partial charge on any atom is -0.344 e. The Balaban J connectivity index is 0.00000243. The second kappa shape index (κ2) is 9.73. The molecule has 0 aliphatic heterocycles. The number of aromatic nitrogens is 2. The van der Waals surface area contributed by atoms with Crippen LogP contribution in [-0.2, 0) is 23.4 Å². The Morgan fingerprint density at radius 3 is 2.92 bits per heavy atom. The van der Waals surface area contributed by atoms with Crippen LogP contribution in [0.5, 0.6) is 0 Å². The zero-order valence-corrected chi connectivity index (χ0v) is 17.5. The van der Waals surface area contributed by atoms with Gasteiger partial charge in [0, 0.05) is 25.0 Å². The second-order valence-electron chi connectivity index (χ2n) is 6.32. The van der Waals surface area contributed by atoms with Crippen LogP contribution in [0.2, 0.25) is 0 Å². The fourth-order valence-electron chi connectivity index (χ4n) is 3.03. The summed E-state index contributed by atoms with van der Waals surface area (Å²) in [5, 5.41) is 3.82. The van der Waals surface area contributed by atoms with Gasteiger partial charge in [0.2, 0.25) is 5.91 Å². The molecule has 0 saturated carbocycles. The van der Waals surface area contributed by atoms with Gasteiger partial charge >= 0.3 is 0 Å². The zero-order chi connectivity index (χ0) is 17.8. The summed E-state index contributed by atoms with van der Waals surface area (Å²) in [5.74, 6) is 1.68. The van der Waals surface area contributed by atoms with E-state index < -0.39 is 0 Å². The summed E-state index contributed by atoms with van der Waals surface area (Å²) < 4.78 is 0. The van der Waals surface area contributed by atoms with E-state index in [1.54, 1.807) is 16.2 Å². The lowest BCUT2D eigenvalue weighted by Gasteiger charge is -2.16. The first-order chi connectivity index (χ1) is 12.1. The maximum Gasteiger partial charge on any atom is 0.259 e. The van der Waals surface area contributed by atoms with Gasteiger partial charge in [-0.3, -0.25) is 9.59 Å². The number of nitrogens with one attached hydrogen (secondary N) is 2. The van der Waals surface area contributed by atoms with Crippen molar-refractivity contribution in [2.24, 2.45) is 0 Å². The minimum atomic E-state index is -0.0301. The van der Waals surface area contributed by atoms with Gasteiger partial charge in [-0.2, -0.15) is 0 Å². The summed E-state index contributed by atoms with van der Waals surface area (Å²) in [5.41, 5.74) is 1.18. The van der Waals surface area contributed by atoms with E-state index in [4.69, 9.17) is 0 Å². The SMILES string of the molecule is CNCCN(C)C(=O)CSCc1nc2sc3c(c2c(=O)[nH]1)CCCC3.Cl. The van der Waals surface area contributed by atoms with E-state index >= 15 is 0 Å². The molecule has 1 aliphatic rings. The number of H-pyrrole nitrogens is 1. The van der Waals surface area contributed by atoms with Crippen molar-refractivity contribution < 1.29 is 4.79 Å². The van der Waals surface area contributed by atoms with Crippen LogP contribution in [0.15, 0.2) is 4.79 Å². The van der Waals surface area contributed by atoms with E-state index in [-0.39, 0.29) is 23.9 Å². The van der Waals surface area contributed by atoms with E-state index in [0.29, 0.717) is 23.9 Å². The Kier molecular flexibility index (Phi) is 7.94. The van der Waals surface area contributed by atoms with Crippen molar-refractivity contribution in [1.82, 2.24) is 20.2 Å². The quantitative estimate of drug-likeness (QED) is 0.723. The molecule has 0 unspecified atom stereocenters. The van der Waals surface area contributed by atoms with Crippen molar-refractivity contribution in [2.45, 2.75) is 31.4 Å². The number of carbonyl (C=O) groups excluding carboxylic acids is 1. The van der Waals surface area contributed by atoms with Crippen LogP contribution in [0.3, 0.4) is 0 Å². The molecule has 0 saturated heterocycles. The van der Waals surface area contributed by atoms with Crippen molar-refractivity contribution in [3.05, 3.63) is 26.6 Å². The molecule has 1 amide bonds. The number of thiophene rings is 1. The fourth-order valence-corrected chi connectivity index (χ4v) is 5.13. The van der Waals surface area contributed by atoms with Crippen LogP contribution < -0.4 is 10.9 Å². The van der Waals surface area contributed by atoms with E-state index in [1.807, 2.05) is 14.1 Å². The molecule has 3 rings (SSSR count). The highest BCUT2D eigenvalue weighted by molar-refractivity contribution is 7.99. The summed E-state index contributed by atoms with van der Waals surface area (Å²) in [7, 11) is 3.68. The Morgan fingerprint density at radius 1 is 1.38 bits per heavy atom. The molecule has 0 radical (unpaired) electrons. The Bertz CT molecular complexity index is 821. The molecule has 2 heterocycles. The van der Waals surface area contributed by atoms with Gasteiger partial charge in [0.15, 0.2) is 0 Å².